The van der Waals surface area contributed by atoms with Crippen LogP contribution in [0, 0.1) is 0 Å². The normalized spacial score (nSPS) is 10.3. The molecule has 0 aliphatic heterocycles. The fraction of sp³-hybridized carbons (Fsp3) is 0.538. The number of benzene rings is 1. The Labute approximate surface area is 92.4 Å². The Bertz CT molecular complexity index is 273. The van der Waals surface area contributed by atoms with Gasteiger partial charge in [0.15, 0.2) is 0 Å². The summed E-state index contributed by atoms with van der Waals surface area (Å²) in [6.45, 7) is 3.71. The molecular formula is C13H21NO. The molecule has 1 rings (SSSR count). The minimum Gasteiger partial charge on any atom is -0.494 e. The van der Waals surface area contributed by atoms with Crippen LogP contribution in [0.15, 0.2) is 24.3 Å². The third kappa shape index (κ3) is 4.84. The molecule has 0 spiro atoms. The Morgan fingerprint density at radius 2 is 2.13 bits per heavy atom. The van der Waals surface area contributed by atoms with Crippen LogP contribution in [0.25, 0.3) is 0 Å². The average molecular weight is 207 g/mol. The van der Waals surface area contributed by atoms with E-state index in [-0.39, 0.29) is 0 Å². The summed E-state index contributed by atoms with van der Waals surface area (Å²) in [6, 6.07) is 8.21. The van der Waals surface area contributed by atoms with Crippen molar-refractivity contribution >= 4 is 0 Å². The largest absolute Gasteiger partial charge is 0.494 e. The predicted molar refractivity (Wildman–Crippen MR) is 64.2 cm³/mol. The van der Waals surface area contributed by atoms with Gasteiger partial charge in [-0.3, -0.25) is 0 Å². The molecule has 0 aliphatic rings. The number of nitrogens with two attached hydrogens (primary N) is 1. The first-order chi connectivity index (χ1) is 7.36. The number of hydrogen-bond donors (Lipinski definition) is 1. The summed E-state index contributed by atoms with van der Waals surface area (Å²) in [5.74, 6) is 0.969. The second-order valence-electron chi connectivity index (χ2n) is 3.74. The van der Waals surface area contributed by atoms with Crippen molar-refractivity contribution in [3.63, 3.8) is 0 Å². The van der Waals surface area contributed by atoms with Gasteiger partial charge in [-0.05, 0) is 37.1 Å². The number of rotatable bonds is 7. The zero-order chi connectivity index (χ0) is 10.9. The molecule has 0 unspecified atom stereocenters. The molecule has 2 N–H and O–H groups in total. The maximum atomic E-state index is 5.65. The zero-order valence-corrected chi connectivity index (χ0v) is 9.54. The maximum Gasteiger partial charge on any atom is 0.119 e. The van der Waals surface area contributed by atoms with Crippen molar-refractivity contribution in [1.29, 1.82) is 0 Å². The average Bonchev–Trinajstić information content (AvgIpc) is 2.26. The molecule has 0 radical (unpaired) electrons. The van der Waals surface area contributed by atoms with Gasteiger partial charge in [0.25, 0.3) is 0 Å². The molecule has 0 fully saturated rings. The third-order valence-electron chi connectivity index (χ3n) is 2.35. The van der Waals surface area contributed by atoms with Crippen molar-refractivity contribution in [3.05, 3.63) is 29.8 Å². The second kappa shape index (κ2) is 7.30. The molecule has 1 aromatic rings. The fourth-order valence-electron chi connectivity index (χ4n) is 1.50. The molecule has 0 bridgehead atoms. The second-order valence-corrected chi connectivity index (χ2v) is 3.74. The molecule has 15 heavy (non-hydrogen) atoms. The Kier molecular flexibility index (Phi) is 5.86. The first-order valence-corrected chi connectivity index (χ1v) is 5.78. The first-order valence-electron chi connectivity index (χ1n) is 5.78. The maximum absolute atomic E-state index is 5.65. The molecule has 84 valence electrons. The highest BCUT2D eigenvalue weighted by molar-refractivity contribution is 5.28. The zero-order valence-electron chi connectivity index (χ0n) is 9.54. The van der Waals surface area contributed by atoms with Crippen molar-refractivity contribution in [2.24, 2.45) is 5.73 Å². The summed E-state index contributed by atoms with van der Waals surface area (Å²) in [4.78, 5) is 0. The molecule has 0 atom stereocenters. The van der Waals surface area contributed by atoms with Crippen molar-refractivity contribution < 1.29 is 4.74 Å². The SMILES string of the molecule is CCCCCOc1cccc(CCN)c1. The van der Waals surface area contributed by atoms with Gasteiger partial charge in [0.05, 0.1) is 6.61 Å². The number of unbranched alkanes of at least 4 members (excludes halogenated alkanes) is 2. The summed E-state index contributed by atoms with van der Waals surface area (Å²) < 4.78 is 5.65. The van der Waals surface area contributed by atoms with Gasteiger partial charge in [-0.15, -0.1) is 0 Å². The molecule has 0 aliphatic carbocycles. The van der Waals surface area contributed by atoms with Crippen molar-refractivity contribution in [1.82, 2.24) is 0 Å². The van der Waals surface area contributed by atoms with Gasteiger partial charge in [0, 0.05) is 0 Å². The highest BCUT2D eigenvalue weighted by Gasteiger charge is 1.96. The minimum atomic E-state index is 0.694. The number of ether oxygens (including phenoxy) is 1. The Balaban J connectivity index is 2.36. The van der Waals surface area contributed by atoms with Crippen LogP contribution in [-0.2, 0) is 6.42 Å². The molecule has 2 nitrogen and oxygen atoms in total. The standard InChI is InChI=1S/C13H21NO/c1-2-3-4-10-15-13-7-5-6-12(11-13)8-9-14/h5-7,11H,2-4,8-10,14H2,1H3. The van der Waals surface area contributed by atoms with Gasteiger partial charge in [-0.2, -0.15) is 0 Å². The lowest BCUT2D eigenvalue weighted by Crippen LogP contribution is -2.03. The Morgan fingerprint density at radius 1 is 1.27 bits per heavy atom. The highest BCUT2D eigenvalue weighted by atomic mass is 16.5. The number of hydrogen-bond acceptors (Lipinski definition) is 2. The van der Waals surface area contributed by atoms with E-state index < -0.39 is 0 Å². The third-order valence-corrected chi connectivity index (χ3v) is 2.35. The molecular weight excluding hydrogens is 186 g/mol. The van der Waals surface area contributed by atoms with E-state index in [2.05, 4.69) is 19.1 Å². The fourth-order valence-corrected chi connectivity index (χ4v) is 1.50. The van der Waals surface area contributed by atoms with Gasteiger partial charge in [-0.25, -0.2) is 0 Å². The topological polar surface area (TPSA) is 35.2 Å². The summed E-state index contributed by atoms with van der Waals surface area (Å²) in [5, 5.41) is 0. The van der Waals surface area contributed by atoms with E-state index in [9.17, 15) is 0 Å². The van der Waals surface area contributed by atoms with Crippen LogP contribution in [0.1, 0.15) is 31.7 Å². The minimum absolute atomic E-state index is 0.694. The van der Waals surface area contributed by atoms with Crippen LogP contribution in [0.4, 0.5) is 0 Å². The van der Waals surface area contributed by atoms with Crippen LogP contribution < -0.4 is 10.5 Å². The van der Waals surface area contributed by atoms with Gasteiger partial charge in [0.1, 0.15) is 5.75 Å². The van der Waals surface area contributed by atoms with Gasteiger partial charge >= 0.3 is 0 Å². The van der Waals surface area contributed by atoms with E-state index in [1.54, 1.807) is 0 Å². The van der Waals surface area contributed by atoms with Crippen LogP contribution in [-0.4, -0.2) is 13.2 Å². The van der Waals surface area contributed by atoms with Crippen LogP contribution in [0.3, 0.4) is 0 Å². The Morgan fingerprint density at radius 3 is 2.87 bits per heavy atom. The molecule has 1 aromatic carbocycles. The lowest BCUT2D eigenvalue weighted by atomic mass is 10.1. The van der Waals surface area contributed by atoms with Gasteiger partial charge in [0.2, 0.25) is 0 Å². The molecule has 0 saturated heterocycles. The van der Waals surface area contributed by atoms with Crippen LogP contribution in [0.2, 0.25) is 0 Å². The summed E-state index contributed by atoms with van der Waals surface area (Å²) >= 11 is 0. The van der Waals surface area contributed by atoms with E-state index in [1.165, 1.54) is 18.4 Å². The van der Waals surface area contributed by atoms with Crippen molar-refractivity contribution in [2.75, 3.05) is 13.2 Å². The molecule has 0 amide bonds. The molecule has 0 heterocycles. The van der Waals surface area contributed by atoms with E-state index in [4.69, 9.17) is 10.5 Å². The monoisotopic (exact) mass is 207 g/mol. The highest BCUT2D eigenvalue weighted by Crippen LogP contribution is 2.14. The van der Waals surface area contributed by atoms with E-state index >= 15 is 0 Å². The summed E-state index contributed by atoms with van der Waals surface area (Å²) in [6.07, 6.45) is 4.53. The molecule has 0 aromatic heterocycles. The summed E-state index contributed by atoms with van der Waals surface area (Å²) in [5.41, 5.74) is 6.76. The van der Waals surface area contributed by atoms with E-state index in [0.29, 0.717) is 6.54 Å². The van der Waals surface area contributed by atoms with E-state index in [1.807, 2.05) is 12.1 Å². The molecule has 0 saturated carbocycles. The summed E-state index contributed by atoms with van der Waals surface area (Å²) in [7, 11) is 0. The van der Waals surface area contributed by atoms with Crippen molar-refractivity contribution in [2.45, 2.75) is 32.6 Å². The first kappa shape index (κ1) is 12.1. The Hall–Kier alpha value is -1.02. The lowest BCUT2D eigenvalue weighted by Gasteiger charge is -2.07. The van der Waals surface area contributed by atoms with E-state index in [0.717, 1.165) is 25.2 Å². The smallest absolute Gasteiger partial charge is 0.119 e. The van der Waals surface area contributed by atoms with Crippen LogP contribution in [0.5, 0.6) is 5.75 Å². The van der Waals surface area contributed by atoms with Gasteiger partial charge in [-0.1, -0.05) is 31.9 Å². The lowest BCUT2D eigenvalue weighted by molar-refractivity contribution is 0.306. The van der Waals surface area contributed by atoms with Crippen molar-refractivity contribution in [3.8, 4) is 5.75 Å². The predicted octanol–water partition coefficient (Wildman–Crippen LogP) is 2.76. The molecule has 2 heteroatoms. The quantitative estimate of drug-likeness (QED) is 0.698. The van der Waals surface area contributed by atoms with Gasteiger partial charge < -0.3 is 10.5 Å². The van der Waals surface area contributed by atoms with Crippen LogP contribution >= 0.6 is 0 Å².